The number of H-pyrrole nitrogens is 1. The summed E-state index contributed by atoms with van der Waals surface area (Å²) in [5.41, 5.74) is 2.69. The lowest BCUT2D eigenvalue weighted by atomic mass is 10.2. The van der Waals surface area contributed by atoms with Gasteiger partial charge in [0.05, 0.1) is 31.3 Å². The molecule has 0 saturated carbocycles. The predicted molar refractivity (Wildman–Crippen MR) is 101 cm³/mol. The lowest BCUT2D eigenvalue weighted by Gasteiger charge is -2.09. The average Bonchev–Trinajstić information content (AvgIpc) is 3.08. The molecule has 1 heterocycles. The average molecular weight is 351 g/mol. The molecule has 0 aliphatic rings. The number of carbonyl (C=O) groups excluding carboxylic acids is 1. The molecule has 0 saturated heterocycles. The van der Waals surface area contributed by atoms with Gasteiger partial charge in [0.25, 0.3) is 0 Å². The van der Waals surface area contributed by atoms with E-state index in [1.54, 1.807) is 13.2 Å². The van der Waals surface area contributed by atoms with Gasteiger partial charge in [-0.15, -0.1) is 0 Å². The van der Waals surface area contributed by atoms with Gasteiger partial charge in [0.2, 0.25) is 5.91 Å². The molecule has 3 aromatic rings. The summed E-state index contributed by atoms with van der Waals surface area (Å²) in [6, 6.07) is 13.3. The number of rotatable bonds is 7. The van der Waals surface area contributed by atoms with E-state index in [1.165, 1.54) is 6.08 Å². The van der Waals surface area contributed by atoms with Crippen LogP contribution in [0.2, 0.25) is 0 Å². The van der Waals surface area contributed by atoms with Gasteiger partial charge in [-0.1, -0.05) is 18.2 Å². The van der Waals surface area contributed by atoms with E-state index >= 15 is 0 Å². The first kappa shape index (κ1) is 17.5. The summed E-state index contributed by atoms with van der Waals surface area (Å²) in [4.78, 5) is 19.6. The maximum Gasteiger partial charge on any atom is 0.244 e. The normalized spacial score (nSPS) is 11.0. The molecule has 134 valence electrons. The fourth-order valence-electron chi connectivity index (χ4n) is 2.55. The second-order valence-electron chi connectivity index (χ2n) is 5.60. The molecular formula is C20H21N3O3. The van der Waals surface area contributed by atoms with Crippen LogP contribution < -0.4 is 14.8 Å². The van der Waals surface area contributed by atoms with Crippen LogP contribution in [0.15, 0.2) is 48.5 Å². The van der Waals surface area contributed by atoms with Crippen LogP contribution >= 0.6 is 0 Å². The zero-order valence-electron chi connectivity index (χ0n) is 14.8. The molecule has 0 aliphatic carbocycles. The van der Waals surface area contributed by atoms with Crippen molar-refractivity contribution in [2.75, 3.05) is 13.7 Å². The van der Waals surface area contributed by atoms with E-state index < -0.39 is 0 Å². The second-order valence-corrected chi connectivity index (χ2v) is 5.60. The summed E-state index contributed by atoms with van der Waals surface area (Å²) < 4.78 is 10.8. The number of para-hydroxylation sites is 2. The summed E-state index contributed by atoms with van der Waals surface area (Å²) in [6.45, 7) is 2.82. The standard InChI is InChI=1S/C20H21N3O3/c1-3-26-17-10-8-14(12-18(17)25-2)9-11-20(24)21-13-19-22-15-6-4-5-7-16(15)23-19/h4-12H,3,13H2,1-2H3,(H,21,24)(H,22,23). The smallest absolute Gasteiger partial charge is 0.244 e. The first-order chi connectivity index (χ1) is 12.7. The van der Waals surface area contributed by atoms with Gasteiger partial charge in [-0.25, -0.2) is 4.98 Å². The van der Waals surface area contributed by atoms with Crippen LogP contribution in [0, 0.1) is 0 Å². The monoisotopic (exact) mass is 351 g/mol. The highest BCUT2D eigenvalue weighted by Crippen LogP contribution is 2.28. The Hall–Kier alpha value is -3.28. The number of fused-ring (bicyclic) bond motifs is 1. The van der Waals surface area contributed by atoms with Crippen LogP contribution in [-0.4, -0.2) is 29.6 Å². The number of aromatic nitrogens is 2. The van der Waals surface area contributed by atoms with Gasteiger partial charge in [-0.3, -0.25) is 4.79 Å². The van der Waals surface area contributed by atoms with Crippen LogP contribution in [0.3, 0.4) is 0 Å². The SMILES string of the molecule is CCOc1ccc(C=CC(=O)NCc2nc3ccccc3[nH]2)cc1OC. The number of imidazole rings is 1. The number of aromatic amines is 1. The van der Waals surface area contributed by atoms with E-state index in [9.17, 15) is 4.79 Å². The molecule has 6 nitrogen and oxygen atoms in total. The lowest BCUT2D eigenvalue weighted by Crippen LogP contribution is -2.20. The van der Waals surface area contributed by atoms with Crippen molar-refractivity contribution in [1.82, 2.24) is 15.3 Å². The van der Waals surface area contributed by atoms with Crippen LogP contribution in [0.1, 0.15) is 18.3 Å². The van der Waals surface area contributed by atoms with Crippen molar-refractivity contribution < 1.29 is 14.3 Å². The summed E-state index contributed by atoms with van der Waals surface area (Å²) in [5, 5.41) is 2.82. The van der Waals surface area contributed by atoms with Crippen LogP contribution in [0.5, 0.6) is 11.5 Å². The Bertz CT molecular complexity index is 898. The Morgan fingerprint density at radius 1 is 1.23 bits per heavy atom. The molecule has 26 heavy (non-hydrogen) atoms. The van der Waals surface area contributed by atoms with E-state index in [2.05, 4.69) is 15.3 Å². The van der Waals surface area contributed by atoms with Gasteiger partial charge in [-0.05, 0) is 42.8 Å². The molecule has 0 radical (unpaired) electrons. The van der Waals surface area contributed by atoms with Crippen molar-refractivity contribution in [1.29, 1.82) is 0 Å². The third kappa shape index (κ3) is 4.22. The van der Waals surface area contributed by atoms with Crippen molar-refractivity contribution in [2.45, 2.75) is 13.5 Å². The number of hydrogen-bond acceptors (Lipinski definition) is 4. The topological polar surface area (TPSA) is 76.2 Å². The van der Waals surface area contributed by atoms with E-state index in [0.717, 1.165) is 22.4 Å². The second kappa shape index (κ2) is 8.20. The van der Waals surface area contributed by atoms with Gasteiger partial charge < -0.3 is 19.8 Å². The zero-order chi connectivity index (χ0) is 18.4. The largest absolute Gasteiger partial charge is 0.493 e. The Balaban J connectivity index is 1.60. The van der Waals surface area contributed by atoms with Gasteiger partial charge in [0.15, 0.2) is 11.5 Å². The third-order valence-electron chi connectivity index (χ3n) is 3.78. The lowest BCUT2D eigenvalue weighted by molar-refractivity contribution is -0.116. The number of nitrogens with one attached hydrogen (secondary N) is 2. The molecule has 0 fully saturated rings. The number of hydrogen-bond donors (Lipinski definition) is 2. The summed E-state index contributed by atoms with van der Waals surface area (Å²) in [5.74, 6) is 1.84. The molecule has 1 aromatic heterocycles. The number of nitrogens with zero attached hydrogens (tertiary/aromatic N) is 1. The highest BCUT2D eigenvalue weighted by molar-refractivity contribution is 5.91. The molecule has 1 amide bonds. The van der Waals surface area contributed by atoms with Crippen molar-refractivity contribution in [2.24, 2.45) is 0 Å². The molecular weight excluding hydrogens is 330 g/mol. The summed E-state index contributed by atoms with van der Waals surface area (Å²) in [6.07, 6.45) is 3.21. The number of ether oxygens (including phenoxy) is 2. The molecule has 2 N–H and O–H groups in total. The maximum absolute atomic E-state index is 12.0. The first-order valence-corrected chi connectivity index (χ1v) is 8.40. The quantitative estimate of drug-likeness (QED) is 0.641. The van der Waals surface area contributed by atoms with E-state index in [4.69, 9.17) is 9.47 Å². The van der Waals surface area contributed by atoms with E-state index in [1.807, 2.05) is 49.4 Å². The first-order valence-electron chi connectivity index (χ1n) is 8.40. The van der Waals surface area contributed by atoms with Crippen molar-refractivity contribution >= 4 is 23.0 Å². The molecule has 0 aliphatic heterocycles. The maximum atomic E-state index is 12.0. The fraction of sp³-hybridized carbons (Fsp3) is 0.200. The van der Waals surface area contributed by atoms with E-state index in [0.29, 0.717) is 24.7 Å². The van der Waals surface area contributed by atoms with Crippen molar-refractivity contribution in [3.63, 3.8) is 0 Å². The number of methoxy groups -OCH3 is 1. The molecule has 2 aromatic carbocycles. The Morgan fingerprint density at radius 3 is 2.85 bits per heavy atom. The Kier molecular flexibility index (Phi) is 5.53. The number of benzene rings is 2. The van der Waals surface area contributed by atoms with Crippen LogP contribution in [-0.2, 0) is 11.3 Å². The molecule has 0 bridgehead atoms. The van der Waals surface area contributed by atoms with Gasteiger partial charge in [0, 0.05) is 6.08 Å². The summed E-state index contributed by atoms with van der Waals surface area (Å²) in [7, 11) is 1.59. The van der Waals surface area contributed by atoms with Crippen LogP contribution in [0.25, 0.3) is 17.1 Å². The summed E-state index contributed by atoms with van der Waals surface area (Å²) >= 11 is 0. The van der Waals surface area contributed by atoms with Crippen LogP contribution in [0.4, 0.5) is 0 Å². The van der Waals surface area contributed by atoms with Gasteiger partial charge in [0.1, 0.15) is 5.82 Å². The number of carbonyl (C=O) groups is 1. The van der Waals surface area contributed by atoms with Gasteiger partial charge >= 0.3 is 0 Å². The molecule has 3 rings (SSSR count). The minimum atomic E-state index is -0.196. The van der Waals surface area contributed by atoms with E-state index in [-0.39, 0.29) is 5.91 Å². The molecule has 6 heteroatoms. The predicted octanol–water partition coefficient (Wildman–Crippen LogP) is 3.30. The molecule has 0 atom stereocenters. The van der Waals surface area contributed by atoms with Crippen molar-refractivity contribution in [3.05, 3.63) is 59.9 Å². The molecule has 0 unspecified atom stereocenters. The minimum absolute atomic E-state index is 0.196. The Labute approximate surface area is 151 Å². The zero-order valence-corrected chi connectivity index (χ0v) is 14.8. The van der Waals surface area contributed by atoms with Crippen molar-refractivity contribution in [3.8, 4) is 11.5 Å². The highest BCUT2D eigenvalue weighted by Gasteiger charge is 2.05. The number of amides is 1. The minimum Gasteiger partial charge on any atom is -0.493 e. The Morgan fingerprint density at radius 2 is 2.08 bits per heavy atom. The van der Waals surface area contributed by atoms with Gasteiger partial charge in [-0.2, -0.15) is 0 Å². The molecule has 0 spiro atoms. The third-order valence-corrected chi connectivity index (χ3v) is 3.78. The highest BCUT2D eigenvalue weighted by atomic mass is 16.5. The fourth-order valence-corrected chi connectivity index (χ4v) is 2.55.